The molecule has 0 aliphatic rings. The van der Waals surface area contributed by atoms with Gasteiger partial charge in [0.25, 0.3) is 15.9 Å². The molecule has 0 aromatic heterocycles. The number of hydrogen-bond donors (Lipinski definition) is 2. The summed E-state index contributed by atoms with van der Waals surface area (Å²) in [5.74, 6) is 0.760. The molecule has 0 bridgehead atoms. The van der Waals surface area contributed by atoms with Gasteiger partial charge < -0.3 is 14.8 Å². The number of anilines is 2. The Morgan fingerprint density at radius 3 is 2.16 bits per heavy atom. The molecule has 0 heterocycles. The van der Waals surface area contributed by atoms with Crippen LogP contribution in [0.25, 0.3) is 0 Å². The summed E-state index contributed by atoms with van der Waals surface area (Å²) in [4.78, 5) is 12.2. The Bertz CT molecular complexity index is 1160. The molecule has 31 heavy (non-hydrogen) atoms. The molecule has 3 rings (SSSR count). The molecule has 3 aromatic rings. The highest BCUT2D eigenvalue weighted by Crippen LogP contribution is 2.24. The molecule has 0 spiro atoms. The van der Waals surface area contributed by atoms with Crippen LogP contribution >= 0.6 is 0 Å². The first-order valence-corrected chi connectivity index (χ1v) is 11.0. The summed E-state index contributed by atoms with van der Waals surface area (Å²) >= 11 is 0. The fraction of sp³-hybridized carbons (Fsp3) is 0.174. The number of carbonyl (C=O) groups excluding carboxylic acids is 1. The Balaban J connectivity index is 1.63. The highest BCUT2D eigenvalue weighted by atomic mass is 32.2. The number of sulfonamides is 1. The molecule has 0 atom stereocenters. The highest BCUT2D eigenvalue weighted by molar-refractivity contribution is 7.92. The third-order valence-electron chi connectivity index (χ3n) is 4.49. The molecule has 0 unspecified atom stereocenters. The molecule has 2 N–H and O–H groups in total. The Morgan fingerprint density at radius 2 is 1.55 bits per heavy atom. The van der Waals surface area contributed by atoms with Crippen molar-refractivity contribution < 1.29 is 22.7 Å². The minimum Gasteiger partial charge on any atom is -0.497 e. The second-order valence-electron chi connectivity index (χ2n) is 6.96. The lowest BCUT2D eigenvalue weighted by molar-refractivity contribution is -0.118. The van der Waals surface area contributed by atoms with Gasteiger partial charge >= 0.3 is 0 Å². The fourth-order valence-electron chi connectivity index (χ4n) is 2.80. The van der Waals surface area contributed by atoms with E-state index in [2.05, 4.69) is 10.0 Å². The summed E-state index contributed by atoms with van der Waals surface area (Å²) in [6.07, 6.45) is 0. The quantitative estimate of drug-likeness (QED) is 0.549. The molecule has 7 nitrogen and oxygen atoms in total. The second-order valence-corrected chi connectivity index (χ2v) is 8.65. The van der Waals surface area contributed by atoms with Crippen LogP contribution in [0.1, 0.15) is 11.1 Å². The molecule has 0 aliphatic carbocycles. The van der Waals surface area contributed by atoms with Gasteiger partial charge in [0.15, 0.2) is 6.61 Å². The molecular formula is C23H24N2O5S. The van der Waals surface area contributed by atoms with Gasteiger partial charge in [-0.2, -0.15) is 0 Å². The van der Waals surface area contributed by atoms with Gasteiger partial charge in [-0.15, -0.1) is 0 Å². The van der Waals surface area contributed by atoms with Crippen molar-refractivity contribution in [2.45, 2.75) is 18.7 Å². The van der Waals surface area contributed by atoms with Crippen LogP contribution in [-0.2, 0) is 14.8 Å². The predicted molar refractivity (Wildman–Crippen MR) is 120 cm³/mol. The molecule has 0 aliphatic heterocycles. The van der Waals surface area contributed by atoms with Crippen LogP contribution in [0, 0.1) is 13.8 Å². The Kier molecular flexibility index (Phi) is 6.81. The van der Waals surface area contributed by atoms with Crippen molar-refractivity contribution in [3.8, 4) is 11.5 Å². The lowest BCUT2D eigenvalue weighted by Gasteiger charge is -2.13. The van der Waals surface area contributed by atoms with Crippen molar-refractivity contribution in [2.75, 3.05) is 23.8 Å². The number of nitrogens with one attached hydrogen (secondary N) is 2. The molecule has 3 aromatic carbocycles. The largest absolute Gasteiger partial charge is 0.497 e. The van der Waals surface area contributed by atoms with Crippen molar-refractivity contribution in [1.82, 2.24) is 0 Å². The van der Waals surface area contributed by atoms with Crippen LogP contribution in [0.5, 0.6) is 11.5 Å². The number of hydrogen-bond acceptors (Lipinski definition) is 5. The monoisotopic (exact) mass is 440 g/mol. The Hall–Kier alpha value is -3.52. The molecule has 0 fully saturated rings. The maximum absolute atomic E-state index is 12.7. The summed E-state index contributed by atoms with van der Waals surface area (Å²) in [7, 11) is -2.23. The van der Waals surface area contributed by atoms with Crippen LogP contribution in [0.4, 0.5) is 11.4 Å². The van der Waals surface area contributed by atoms with Crippen molar-refractivity contribution in [1.29, 1.82) is 0 Å². The van der Waals surface area contributed by atoms with Gasteiger partial charge in [0, 0.05) is 11.4 Å². The molecule has 0 radical (unpaired) electrons. The lowest BCUT2D eigenvalue weighted by Crippen LogP contribution is -2.20. The van der Waals surface area contributed by atoms with Gasteiger partial charge in [-0.3, -0.25) is 9.52 Å². The minimum atomic E-state index is -3.77. The molecule has 0 saturated heterocycles. The third kappa shape index (κ3) is 5.99. The molecule has 1 amide bonds. The van der Waals surface area contributed by atoms with E-state index in [1.807, 2.05) is 31.2 Å². The molecule has 0 saturated carbocycles. The summed E-state index contributed by atoms with van der Waals surface area (Å²) < 4.78 is 38.5. The van der Waals surface area contributed by atoms with Crippen molar-refractivity contribution >= 4 is 27.3 Å². The Morgan fingerprint density at radius 1 is 0.903 bits per heavy atom. The summed E-state index contributed by atoms with van der Waals surface area (Å²) in [6, 6.07) is 18.5. The summed E-state index contributed by atoms with van der Waals surface area (Å²) in [5, 5.41) is 2.75. The molecular weight excluding hydrogens is 416 g/mol. The van der Waals surface area contributed by atoms with Crippen LogP contribution < -0.4 is 19.5 Å². The Labute approximate surface area is 182 Å². The standard InChI is InChI=1S/C23H24N2O5S/c1-16-4-6-18(7-5-16)24-23(26)15-30-22-13-12-21(14-17(22)2)31(27,28)25-19-8-10-20(29-3)11-9-19/h4-14,25H,15H2,1-3H3,(H,24,26). The first-order chi connectivity index (χ1) is 14.8. The first kappa shape index (κ1) is 22.2. The van der Waals surface area contributed by atoms with Crippen molar-refractivity contribution in [3.05, 3.63) is 77.9 Å². The van der Waals surface area contributed by atoms with E-state index in [4.69, 9.17) is 9.47 Å². The number of methoxy groups -OCH3 is 1. The number of carbonyl (C=O) groups is 1. The summed E-state index contributed by atoms with van der Waals surface area (Å²) in [5.41, 5.74) is 2.80. The fourth-order valence-corrected chi connectivity index (χ4v) is 3.94. The van der Waals surface area contributed by atoms with Crippen LogP contribution in [0.3, 0.4) is 0 Å². The van der Waals surface area contributed by atoms with Gasteiger partial charge in [-0.25, -0.2) is 8.42 Å². The maximum Gasteiger partial charge on any atom is 0.262 e. The van der Waals surface area contributed by atoms with Crippen molar-refractivity contribution in [3.63, 3.8) is 0 Å². The number of ether oxygens (including phenoxy) is 2. The van der Waals surface area contributed by atoms with Crippen molar-refractivity contribution in [2.24, 2.45) is 0 Å². The average molecular weight is 441 g/mol. The van der Waals surface area contributed by atoms with E-state index in [0.29, 0.717) is 28.4 Å². The van der Waals surface area contributed by atoms with Crippen LogP contribution in [-0.4, -0.2) is 28.0 Å². The zero-order valence-corrected chi connectivity index (χ0v) is 18.3. The van der Waals surface area contributed by atoms with Gasteiger partial charge in [0.05, 0.1) is 12.0 Å². The molecule has 8 heteroatoms. The number of aryl methyl sites for hydroxylation is 2. The smallest absolute Gasteiger partial charge is 0.262 e. The number of amides is 1. The average Bonchev–Trinajstić information content (AvgIpc) is 2.75. The van der Waals surface area contributed by atoms with E-state index < -0.39 is 10.0 Å². The number of benzene rings is 3. The van der Waals surface area contributed by atoms with Gasteiger partial charge in [-0.05, 0) is 74.0 Å². The normalized spacial score (nSPS) is 10.9. The topological polar surface area (TPSA) is 93.7 Å². The van der Waals surface area contributed by atoms with Gasteiger partial charge in [-0.1, -0.05) is 17.7 Å². The van der Waals surface area contributed by atoms with Gasteiger partial charge in [0.2, 0.25) is 0 Å². The second kappa shape index (κ2) is 9.53. The highest BCUT2D eigenvalue weighted by Gasteiger charge is 2.16. The lowest BCUT2D eigenvalue weighted by atomic mass is 10.2. The first-order valence-electron chi connectivity index (χ1n) is 9.54. The van der Waals surface area contributed by atoms with Crippen LogP contribution in [0.15, 0.2) is 71.6 Å². The summed E-state index contributed by atoms with van der Waals surface area (Å²) in [6.45, 7) is 3.50. The van der Waals surface area contributed by atoms with E-state index >= 15 is 0 Å². The number of rotatable bonds is 8. The third-order valence-corrected chi connectivity index (χ3v) is 5.87. The van der Waals surface area contributed by atoms with E-state index in [9.17, 15) is 13.2 Å². The zero-order chi connectivity index (χ0) is 22.4. The van der Waals surface area contributed by atoms with E-state index in [-0.39, 0.29) is 17.4 Å². The van der Waals surface area contributed by atoms with Crippen LogP contribution in [0.2, 0.25) is 0 Å². The van der Waals surface area contributed by atoms with E-state index in [1.165, 1.54) is 25.3 Å². The molecule has 162 valence electrons. The predicted octanol–water partition coefficient (Wildman–Crippen LogP) is 4.13. The van der Waals surface area contributed by atoms with Gasteiger partial charge in [0.1, 0.15) is 11.5 Å². The zero-order valence-electron chi connectivity index (χ0n) is 17.5. The minimum absolute atomic E-state index is 0.0947. The van der Waals surface area contributed by atoms with E-state index in [1.54, 1.807) is 31.2 Å². The maximum atomic E-state index is 12.7. The van der Waals surface area contributed by atoms with E-state index in [0.717, 1.165) is 5.56 Å². The SMILES string of the molecule is COc1ccc(NS(=O)(=O)c2ccc(OCC(=O)Nc3ccc(C)cc3)c(C)c2)cc1.